The molecule has 0 bridgehead atoms. The molecule has 0 aliphatic carbocycles. The van der Waals surface area contributed by atoms with Crippen LogP contribution in [0.1, 0.15) is 55.4 Å². The SMILES string of the molecule is CC(Br)c1ccccc1.CC(Br)c1ccccc1.CCOP(OCC)OCC.[Br][Fe][Br].[Br][Fe][Br].c1ccc(P(c2ccccc2)c2ccccc2)cc1. The van der Waals surface area contributed by atoms with E-state index >= 15 is 0 Å². The number of halogens is 6. The van der Waals surface area contributed by atoms with E-state index in [2.05, 4.69) is 217 Å². The van der Waals surface area contributed by atoms with Crippen LogP contribution in [-0.2, 0) is 36.3 Å². The predicted molar refractivity (Wildman–Crippen MR) is 250 cm³/mol. The first-order valence-corrected chi connectivity index (χ1v) is 31.6. The Morgan fingerprint density at radius 2 is 0.642 bits per heavy atom. The van der Waals surface area contributed by atoms with Gasteiger partial charge in [0.05, 0.1) is 19.8 Å². The van der Waals surface area contributed by atoms with Crippen LogP contribution in [0.4, 0.5) is 0 Å². The Kier molecular flexibility index (Phi) is 38.8. The summed E-state index contributed by atoms with van der Waals surface area (Å²) in [6.45, 7) is 11.9. The predicted octanol–water partition coefficient (Wildman–Crippen LogP) is 15.4. The van der Waals surface area contributed by atoms with Crippen molar-refractivity contribution in [3.8, 4) is 0 Å². The maximum Gasteiger partial charge on any atom is -0.0134 e. The maximum absolute atomic E-state index is 5.14. The standard InChI is InChI=1S/C18H15P.2C8H9Br.C6H15O3P.4BrH.2Fe/c1-4-10-16(11-5-1)19(17-12-6-2-7-13-17)18-14-8-3-9-15-18;2*1-7(9)8-5-3-2-4-6-8;1-4-7-10(8-5-2)9-6-3;;;;;;/h1-15H;2*2-7H,1H3;4-6H2,1-3H3;4*1H;;/q;;;;;;;;2*+2/p-4. The molecule has 0 spiro atoms. The van der Waals surface area contributed by atoms with Gasteiger partial charge in [-0.3, -0.25) is 0 Å². The van der Waals surface area contributed by atoms with Crippen LogP contribution < -0.4 is 15.9 Å². The minimum absolute atomic E-state index is 0.446. The van der Waals surface area contributed by atoms with Crippen LogP contribution >= 0.6 is 105 Å². The van der Waals surface area contributed by atoms with Gasteiger partial charge in [-0.15, -0.1) is 0 Å². The van der Waals surface area contributed by atoms with Gasteiger partial charge in [-0.25, -0.2) is 0 Å². The molecule has 0 amide bonds. The number of rotatable bonds is 11. The number of alkyl halides is 2. The number of benzene rings is 5. The van der Waals surface area contributed by atoms with Crippen LogP contribution in [0.15, 0.2) is 152 Å². The van der Waals surface area contributed by atoms with Crippen molar-refractivity contribution in [2.24, 2.45) is 0 Å². The van der Waals surface area contributed by atoms with Gasteiger partial charge in [0, 0.05) is 9.65 Å². The number of hydrogen-bond acceptors (Lipinski definition) is 3. The number of hydrogen-bond donors (Lipinski definition) is 0. The molecule has 0 aliphatic rings. The molecule has 2 unspecified atom stereocenters. The Morgan fingerprint density at radius 3 is 0.811 bits per heavy atom. The third-order valence-corrected chi connectivity index (χ3v) is 11.2. The molecule has 0 fully saturated rings. The molecule has 5 rings (SSSR count). The van der Waals surface area contributed by atoms with Crippen molar-refractivity contribution in [2.75, 3.05) is 19.8 Å². The van der Waals surface area contributed by atoms with Crippen molar-refractivity contribution in [2.45, 2.75) is 44.3 Å². The Bertz CT molecular complexity index is 1320. The average Bonchev–Trinajstić information content (AvgIpc) is 3.19. The Morgan fingerprint density at radius 1 is 0.434 bits per heavy atom. The fourth-order valence-electron chi connectivity index (χ4n) is 4.04. The van der Waals surface area contributed by atoms with E-state index in [1.165, 1.54) is 27.0 Å². The topological polar surface area (TPSA) is 27.7 Å². The molecule has 294 valence electrons. The van der Waals surface area contributed by atoms with Gasteiger partial charge in [0.25, 0.3) is 0 Å². The van der Waals surface area contributed by atoms with Crippen LogP contribution in [0.25, 0.3) is 0 Å². The van der Waals surface area contributed by atoms with E-state index in [9.17, 15) is 0 Å². The van der Waals surface area contributed by atoms with Crippen molar-refractivity contribution in [3.63, 3.8) is 0 Å². The largest absolute Gasteiger partial charge is 0.0622 e. The van der Waals surface area contributed by atoms with Crippen LogP contribution in [0.5, 0.6) is 0 Å². The van der Waals surface area contributed by atoms with Crippen LogP contribution in [-0.4, -0.2) is 19.8 Å². The van der Waals surface area contributed by atoms with Gasteiger partial charge in [0.1, 0.15) is 0 Å². The molecule has 13 heteroatoms. The second kappa shape index (κ2) is 38.3. The van der Waals surface area contributed by atoms with Gasteiger partial charge in [-0.05, 0) is 69.6 Å². The van der Waals surface area contributed by atoms with Crippen molar-refractivity contribution in [3.05, 3.63) is 163 Å². The molecule has 0 aromatic heterocycles. The van der Waals surface area contributed by atoms with Gasteiger partial charge in [0.15, 0.2) is 0 Å². The minimum atomic E-state index is -1.06. The molecule has 0 saturated carbocycles. The smallest absolute Gasteiger partial charge is 0.0134 e. The quantitative estimate of drug-likeness (QED) is 0.0749. The Hall–Kier alpha value is 0.759. The van der Waals surface area contributed by atoms with Crippen molar-refractivity contribution < 1.29 is 36.3 Å². The second-order valence-corrected chi connectivity index (χ2v) is 27.3. The van der Waals surface area contributed by atoms with Gasteiger partial charge in [-0.2, -0.15) is 0 Å². The normalized spacial score (nSPS) is 11.1. The fraction of sp³-hybridized carbons (Fsp3) is 0.250. The van der Waals surface area contributed by atoms with Gasteiger partial charge < -0.3 is 13.6 Å². The first-order valence-electron chi connectivity index (χ1n) is 16.5. The summed E-state index contributed by atoms with van der Waals surface area (Å²) in [6, 6.07) is 53.0. The summed E-state index contributed by atoms with van der Waals surface area (Å²) >= 11 is 21.0. The third kappa shape index (κ3) is 27.9. The molecule has 0 saturated heterocycles. The summed E-state index contributed by atoms with van der Waals surface area (Å²) in [5.74, 6) is 0. The summed E-state index contributed by atoms with van der Waals surface area (Å²) in [4.78, 5) is 0.942. The zero-order chi connectivity index (χ0) is 39.5. The van der Waals surface area contributed by atoms with Crippen LogP contribution in [0.2, 0.25) is 0 Å². The summed E-state index contributed by atoms with van der Waals surface area (Å²) in [7, 11) is -1.51. The van der Waals surface area contributed by atoms with E-state index in [0.717, 1.165) is 22.7 Å². The molecule has 0 radical (unpaired) electrons. The first-order chi connectivity index (χ1) is 25.7. The summed E-state index contributed by atoms with van der Waals surface area (Å²) in [5.41, 5.74) is 2.66. The summed E-state index contributed by atoms with van der Waals surface area (Å²) < 4.78 is 15.4. The van der Waals surface area contributed by atoms with E-state index in [-0.39, 0.29) is 0 Å². The molecule has 2 atom stereocenters. The van der Waals surface area contributed by atoms with Crippen molar-refractivity contribution in [1.29, 1.82) is 0 Å². The van der Waals surface area contributed by atoms with Crippen LogP contribution in [0.3, 0.4) is 0 Å². The zero-order valence-corrected chi connectivity index (χ0v) is 43.8. The average molecular weight is 1230 g/mol. The Balaban J connectivity index is 0.000000684. The molecule has 5 aromatic rings. The molecule has 3 nitrogen and oxygen atoms in total. The van der Waals surface area contributed by atoms with E-state index < -0.39 is 16.5 Å². The minimum Gasteiger partial charge on any atom is -0.0622 e. The van der Waals surface area contributed by atoms with Gasteiger partial charge in [-0.1, -0.05) is 184 Å². The second-order valence-electron chi connectivity index (χ2n) is 9.97. The molecule has 0 N–H and O–H groups in total. The van der Waals surface area contributed by atoms with E-state index in [1.54, 1.807) is 0 Å². The monoisotopic (exact) mass is 1220 g/mol. The Labute approximate surface area is 379 Å². The maximum atomic E-state index is 5.14. The summed E-state index contributed by atoms with van der Waals surface area (Å²) in [6.07, 6.45) is 0. The molecule has 0 aliphatic heterocycles. The fourth-order valence-corrected chi connectivity index (χ4v) is 7.81. The van der Waals surface area contributed by atoms with Crippen LogP contribution in [0, 0.1) is 0 Å². The van der Waals surface area contributed by atoms with Gasteiger partial charge in [0.2, 0.25) is 0 Å². The first kappa shape index (κ1) is 53.8. The third-order valence-electron chi connectivity index (χ3n) is 6.26. The molecule has 53 heavy (non-hydrogen) atoms. The molecule has 5 aromatic carbocycles. The molecule has 0 heterocycles. The summed E-state index contributed by atoms with van der Waals surface area (Å²) in [5, 5.41) is 4.19. The molecular formula is C40H48Br6Fe2O3P2. The van der Waals surface area contributed by atoms with Crippen molar-refractivity contribution >= 4 is 121 Å². The van der Waals surface area contributed by atoms with E-state index in [4.69, 9.17) is 13.6 Å². The van der Waals surface area contributed by atoms with E-state index in [0.29, 0.717) is 29.5 Å². The molecular weight excluding hydrogens is 1180 g/mol. The zero-order valence-electron chi connectivity index (χ0n) is 30.3. The van der Waals surface area contributed by atoms with E-state index in [1.807, 2.05) is 57.2 Å². The van der Waals surface area contributed by atoms with Gasteiger partial charge >= 0.3 is 87.7 Å². The van der Waals surface area contributed by atoms with Crippen molar-refractivity contribution in [1.82, 2.24) is 0 Å².